The lowest BCUT2D eigenvalue weighted by Gasteiger charge is -2.22. The van der Waals surface area contributed by atoms with E-state index < -0.39 is 5.97 Å². The van der Waals surface area contributed by atoms with Crippen LogP contribution < -0.4 is 0 Å². The summed E-state index contributed by atoms with van der Waals surface area (Å²) < 4.78 is 6.79. The van der Waals surface area contributed by atoms with Gasteiger partial charge in [-0.25, -0.2) is 9.48 Å². The lowest BCUT2D eigenvalue weighted by atomic mass is 9.90. The van der Waals surface area contributed by atoms with Crippen LogP contribution in [0.4, 0.5) is 0 Å². The summed E-state index contributed by atoms with van der Waals surface area (Å²) in [6.45, 7) is 12.3. The number of rotatable bonds is 3. The molecule has 0 aliphatic heterocycles. The molecule has 0 unspecified atom stereocenters. The minimum Gasteiger partial charge on any atom is -0.461 e. The third kappa shape index (κ3) is 2.84. The normalized spacial score (nSPS) is 11.9. The van der Waals surface area contributed by atoms with Gasteiger partial charge in [0.15, 0.2) is 5.69 Å². The summed E-state index contributed by atoms with van der Waals surface area (Å²) >= 11 is 0. The predicted molar refractivity (Wildman–Crippen MR) is 65.1 cm³/mol. The standard InChI is InChI=1S/C12H21N3O2/c1-7-17-11(16)9-10(12(4,5)6)15(8(2)3)14-13-9/h8H,7H2,1-6H3. The summed E-state index contributed by atoms with van der Waals surface area (Å²) in [4.78, 5) is 11.8. The average molecular weight is 239 g/mol. The third-order valence-corrected chi connectivity index (χ3v) is 2.36. The van der Waals surface area contributed by atoms with Gasteiger partial charge < -0.3 is 4.74 Å². The largest absolute Gasteiger partial charge is 0.461 e. The first-order valence-electron chi connectivity index (χ1n) is 5.91. The Bertz CT molecular complexity index is 402. The van der Waals surface area contributed by atoms with E-state index in [1.54, 1.807) is 11.6 Å². The third-order valence-electron chi connectivity index (χ3n) is 2.36. The number of esters is 1. The molecule has 1 aromatic rings. The summed E-state index contributed by atoms with van der Waals surface area (Å²) in [6.07, 6.45) is 0. The smallest absolute Gasteiger partial charge is 0.360 e. The van der Waals surface area contributed by atoms with E-state index in [-0.39, 0.29) is 11.5 Å². The second kappa shape index (κ2) is 4.85. The van der Waals surface area contributed by atoms with E-state index in [1.165, 1.54) is 0 Å². The first kappa shape index (κ1) is 13.7. The molecular formula is C12H21N3O2. The molecule has 0 saturated heterocycles. The molecular weight excluding hydrogens is 218 g/mol. The van der Waals surface area contributed by atoms with Gasteiger partial charge in [0.2, 0.25) is 0 Å². The van der Waals surface area contributed by atoms with Crippen LogP contribution in [0.1, 0.15) is 63.8 Å². The highest BCUT2D eigenvalue weighted by atomic mass is 16.5. The summed E-state index contributed by atoms with van der Waals surface area (Å²) in [7, 11) is 0. The van der Waals surface area contributed by atoms with E-state index in [1.807, 2.05) is 34.6 Å². The Morgan fingerprint density at radius 3 is 2.41 bits per heavy atom. The van der Waals surface area contributed by atoms with Crippen molar-refractivity contribution in [1.29, 1.82) is 0 Å². The lowest BCUT2D eigenvalue weighted by molar-refractivity contribution is 0.0516. The molecule has 17 heavy (non-hydrogen) atoms. The van der Waals surface area contributed by atoms with Gasteiger partial charge in [0.05, 0.1) is 12.3 Å². The highest BCUT2D eigenvalue weighted by Crippen LogP contribution is 2.27. The number of aromatic nitrogens is 3. The number of ether oxygens (including phenoxy) is 1. The number of carbonyl (C=O) groups excluding carboxylic acids is 1. The van der Waals surface area contributed by atoms with Crippen molar-refractivity contribution in [3.05, 3.63) is 11.4 Å². The Kier molecular flexibility index (Phi) is 3.91. The molecule has 96 valence electrons. The molecule has 5 nitrogen and oxygen atoms in total. The molecule has 1 aromatic heterocycles. The van der Waals surface area contributed by atoms with Crippen molar-refractivity contribution < 1.29 is 9.53 Å². The van der Waals surface area contributed by atoms with Crippen molar-refractivity contribution in [3.63, 3.8) is 0 Å². The van der Waals surface area contributed by atoms with E-state index >= 15 is 0 Å². The van der Waals surface area contributed by atoms with Crippen LogP contribution in [0.2, 0.25) is 0 Å². The summed E-state index contributed by atoms with van der Waals surface area (Å²) in [5, 5.41) is 8.01. The minimum absolute atomic E-state index is 0.167. The van der Waals surface area contributed by atoms with Crippen LogP contribution in [0.5, 0.6) is 0 Å². The molecule has 0 aromatic carbocycles. The van der Waals surface area contributed by atoms with E-state index in [2.05, 4.69) is 10.3 Å². The maximum atomic E-state index is 11.8. The van der Waals surface area contributed by atoms with Crippen LogP contribution in [0, 0.1) is 0 Å². The number of carbonyl (C=O) groups is 1. The van der Waals surface area contributed by atoms with Gasteiger partial charge >= 0.3 is 5.97 Å². The molecule has 0 amide bonds. The zero-order valence-electron chi connectivity index (χ0n) is 11.4. The van der Waals surface area contributed by atoms with Gasteiger partial charge in [-0.05, 0) is 20.8 Å². The molecule has 0 N–H and O–H groups in total. The first-order chi connectivity index (χ1) is 7.79. The topological polar surface area (TPSA) is 57.0 Å². The predicted octanol–water partition coefficient (Wildman–Crippen LogP) is 2.33. The molecule has 0 aliphatic rings. The van der Waals surface area contributed by atoms with Crippen LogP contribution in [0.3, 0.4) is 0 Å². The minimum atomic E-state index is -0.399. The molecule has 1 rings (SSSR count). The van der Waals surface area contributed by atoms with Gasteiger partial charge in [0.25, 0.3) is 0 Å². The van der Waals surface area contributed by atoms with E-state index in [0.717, 1.165) is 5.69 Å². The summed E-state index contributed by atoms with van der Waals surface area (Å²) in [5.74, 6) is -0.399. The van der Waals surface area contributed by atoms with E-state index in [4.69, 9.17) is 4.74 Å². The average Bonchev–Trinajstić information content (AvgIpc) is 2.61. The second-order valence-electron chi connectivity index (χ2n) is 5.30. The van der Waals surface area contributed by atoms with Crippen molar-refractivity contribution >= 4 is 5.97 Å². The Morgan fingerprint density at radius 2 is 2.00 bits per heavy atom. The van der Waals surface area contributed by atoms with Crippen molar-refractivity contribution in [3.8, 4) is 0 Å². The maximum absolute atomic E-state index is 11.8. The van der Waals surface area contributed by atoms with Gasteiger partial charge in [-0.15, -0.1) is 5.10 Å². The van der Waals surface area contributed by atoms with Gasteiger partial charge in [-0.1, -0.05) is 26.0 Å². The molecule has 0 saturated carbocycles. The van der Waals surface area contributed by atoms with Crippen molar-refractivity contribution in [2.24, 2.45) is 0 Å². The van der Waals surface area contributed by atoms with Crippen LogP contribution in [-0.2, 0) is 10.2 Å². The quantitative estimate of drug-likeness (QED) is 0.760. The van der Waals surface area contributed by atoms with E-state index in [0.29, 0.717) is 12.3 Å². The molecule has 0 atom stereocenters. The van der Waals surface area contributed by atoms with Gasteiger partial charge in [-0.2, -0.15) is 0 Å². The molecule has 0 radical (unpaired) electrons. The Labute approximate surface area is 102 Å². The fourth-order valence-corrected chi connectivity index (χ4v) is 1.69. The SMILES string of the molecule is CCOC(=O)c1nnn(C(C)C)c1C(C)(C)C. The molecule has 0 fully saturated rings. The Hall–Kier alpha value is -1.39. The lowest BCUT2D eigenvalue weighted by Crippen LogP contribution is -2.23. The summed E-state index contributed by atoms with van der Waals surface area (Å²) in [5.41, 5.74) is 0.953. The van der Waals surface area contributed by atoms with Crippen molar-refractivity contribution in [1.82, 2.24) is 15.0 Å². The van der Waals surface area contributed by atoms with Crippen LogP contribution in [0.15, 0.2) is 0 Å². The van der Waals surface area contributed by atoms with Crippen molar-refractivity contribution in [2.45, 2.75) is 53.0 Å². The van der Waals surface area contributed by atoms with Crippen LogP contribution >= 0.6 is 0 Å². The number of nitrogens with zero attached hydrogens (tertiary/aromatic N) is 3. The van der Waals surface area contributed by atoms with Crippen molar-refractivity contribution in [2.75, 3.05) is 6.61 Å². The number of hydrogen-bond donors (Lipinski definition) is 0. The highest BCUT2D eigenvalue weighted by Gasteiger charge is 2.30. The van der Waals surface area contributed by atoms with Crippen LogP contribution in [-0.4, -0.2) is 27.6 Å². The first-order valence-corrected chi connectivity index (χ1v) is 5.91. The fraction of sp³-hybridized carbons (Fsp3) is 0.750. The Balaban J connectivity index is 3.28. The summed E-state index contributed by atoms with van der Waals surface area (Å²) in [6, 6.07) is 0.167. The fourth-order valence-electron chi connectivity index (χ4n) is 1.69. The molecule has 0 spiro atoms. The van der Waals surface area contributed by atoms with Gasteiger partial charge in [-0.3, -0.25) is 0 Å². The highest BCUT2D eigenvalue weighted by molar-refractivity contribution is 5.88. The zero-order chi connectivity index (χ0) is 13.2. The Morgan fingerprint density at radius 1 is 1.41 bits per heavy atom. The van der Waals surface area contributed by atoms with Crippen LogP contribution in [0.25, 0.3) is 0 Å². The second-order valence-corrected chi connectivity index (χ2v) is 5.30. The monoisotopic (exact) mass is 239 g/mol. The van der Waals surface area contributed by atoms with Gasteiger partial charge in [0.1, 0.15) is 0 Å². The van der Waals surface area contributed by atoms with E-state index in [9.17, 15) is 4.79 Å². The molecule has 0 aliphatic carbocycles. The maximum Gasteiger partial charge on any atom is 0.360 e. The molecule has 0 bridgehead atoms. The molecule has 5 heteroatoms. The molecule has 1 heterocycles. The number of hydrogen-bond acceptors (Lipinski definition) is 4. The van der Waals surface area contributed by atoms with Gasteiger partial charge in [0, 0.05) is 11.5 Å². The zero-order valence-corrected chi connectivity index (χ0v) is 11.4.